The van der Waals surface area contributed by atoms with E-state index < -0.39 is 0 Å². The highest BCUT2D eigenvalue weighted by Gasteiger charge is 2.19. The quantitative estimate of drug-likeness (QED) is 0.829. The van der Waals surface area contributed by atoms with Gasteiger partial charge in [0.1, 0.15) is 5.82 Å². The third-order valence-electron chi connectivity index (χ3n) is 2.28. The lowest BCUT2D eigenvalue weighted by atomic mass is 10.1. The molecule has 1 aliphatic rings. The smallest absolute Gasteiger partial charge is 0.142 e. The molecular weight excluding hydrogens is 240 g/mol. The van der Waals surface area contributed by atoms with E-state index in [-0.39, 0.29) is 29.3 Å². The third-order valence-corrected chi connectivity index (χ3v) is 2.68. The second-order valence-corrected chi connectivity index (χ2v) is 3.60. The molecule has 2 nitrogen and oxygen atoms in total. The molecular formula is C10H12Cl2FNO. The monoisotopic (exact) mass is 251 g/mol. The summed E-state index contributed by atoms with van der Waals surface area (Å²) in [6.07, 6.45) is 0. The molecule has 1 saturated heterocycles. The van der Waals surface area contributed by atoms with E-state index in [0.717, 1.165) is 12.1 Å². The topological polar surface area (TPSA) is 21.3 Å². The number of benzene rings is 1. The summed E-state index contributed by atoms with van der Waals surface area (Å²) in [7, 11) is 0. The minimum Gasteiger partial charge on any atom is -0.378 e. The van der Waals surface area contributed by atoms with Gasteiger partial charge in [0.05, 0.1) is 24.3 Å². The van der Waals surface area contributed by atoms with Crippen LogP contribution in [0.3, 0.4) is 0 Å². The molecule has 0 bridgehead atoms. The van der Waals surface area contributed by atoms with Crippen molar-refractivity contribution in [3.8, 4) is 0 Å². The summed E-state index contributed by atoms with van der Waals surface area (Å²) < 4.78 is 18.4. The first kappa shape index (κ1) is 12.7. The van der Waals surface area contributed by atoms with Crippen molar-refractivity contribution in [2.75, 3.05) is 19.8 Å². The maximum atomic E-state index is 13.1. The predicted molar refractivity (Wildman–Crippen MR) is 60.2 cm³/mol. The van der Waals surface area contributed by atoms with Crippen LogP contribution in [0.5, 0.6) is 0 Å². The predicted octanol–water partition coefficient (Wildman–Crippen LogP) is 2.56. The number of halogens is 3. The Morgan fingerprint density at radius 2 is 2.27 bits per heavy atom. The second kappa shape index (κ2) is 5.66. The zero-order valence-electron chi connectivity index (χ0n) is 8.00. The van der Waals surface area contributed by atoms with E-state index in [1.54, 1.807) is 6.07 Å². The third kappa shape index (κ3) is 2.82. The minimum atomic E-state index is -0.378. The van der Waals surface area contributed by atoms with Crippen LogP contribution in [0.4, 0.5) is 4.39 Å². The van der Waals surface area contributed by atoms with Gasteiger partial charge in [0.15, 0.2) is 0 Å². The molecule has 0 amide bonds. The van der Waals surface area contributed by atoms with Gasteiger partial charge in [-0.25, -0.2) is 4.39 Å². The maximum Gasteiger partial charge on any atom is 0.142 e. The highest BCUT2D eigenvalue weighted by atomic mass is 35.5. The fraction of sp³-hybridized carbons (Fsp3) is 0.400. The van der Waals surface area contributed by atoms with Gasteiger partial charge in [0.25, 0.3) is 0 Å². The lowest BCUT2D eigenvalue weighted by molar-refractivity contribution is 0.0768. The van der Waals surface area contributed by atoms with E-state index in [9.17, 15) is 4.39 Å². The van der Waals surface area contributed by atoms with Crippen molar-refractivity contribution in [2.45, 2.75) is 6.04 Å². The van der Waals surface area contributed by atoms with E-state index in [4.69, 9.17) is 16.3 Å². The summed E-state index contributed by atoms with van der Waals surface area (Å²) in [5, 5.41) is 3.42. The van der Waals surface area contributed by atoms with E-state index in [2.05, 4.69) is 5.32 Å². The molecule has 1 aliphatic heterocycles. The molecule has 0 aliphatic carbocycles. The second-order valence-electron chi connectivity index (χ2n) is 3.22. The molecule has 1 heterocycles. The van der Waals surface area contributed by atoms with Crippen LogP contribution < -0.4 is 5.32 Å². The van der Waals surface area contributed by atoms with Crippen molar-refractivity contribution in [1.29, 1.82) is 0 Å². The van der Waals surface area contributed by atoms with E-state index >= 15 is 0 Å². The number of rotatable bonds is 1. The molecule has 1 aromatic rings. The molecule has 84 valence electrons. The van der Waals surface area contributed by atoms with Gasteiger partial charge in [-0.15, -0.1) is 12.4 Å². The zero-order valence-corrected chi connectivity index (χ0v) is 9.58. The molecule has 2 rings (SSSR count). The Hall–Kier alpha value is -0.350. The Labute approximate surface area is 99.2 Å². The van der Waals surface area contributed by atoms with Crippen molar-refractivity contribution < 1.29 is 9.13 Å². The number of hydrogen-bond acceptors (Lipinski definition) is 2. The molecule has 0 aromatic heterocycles. The van der Waals surface area contributed by atoms with Crippen LogP contribution in [0.15, 0.2) is 18.2 Å². The van der Waals surface area contributed by atoms with Crippen molar-refractivity contribution >= 4 is 24.0 Å². The summed E-state index contributed by atoms with van der Waals surface area (Å²) in [5.74, 6) is -0.378. The number of hydrogen-bond donors (Lipinski definition) is 1. The van der Waals surface area contributed by atoms with E-state index in [1.165, 1.54) is 6.07 Å². The SMILES string of the molecule is Cl.Fc1cccc([C@@H]2COCCN2)c1Cl. The molecule has 1 N–H and O–H groups in total. The van der Waals surface area contributed by atoms with E-state index in [1.807, 2.05) is 6.07 Å². The van der Waals surface area contributed by atoms with Gasteiger partial charge >= 0.3 is 0 Å². The molecule has 15 heavy (non-hydrogen) atoms. The number of ether oxygens (including phenoxy) is 1. The highest BCUT2D eigenvalue weighted by molar-refractivity contribution is 6.31. The van der Waals surface area contributed by atoms with Crippen LogP contribution in [0, 0.1) is 5.82 Å². The Morgan fingerprint density at radius 1 is 1.47 bits per heavy atom. The summed E-state index contributed by atoms with van der Waals surface area (Å²) in [4.78, 5) is 0. The van der Waals surface area contributed by atoms with Crippen LogP contribution in [0.25, 0.3) is 0 Å². The highest BCUT2D eigenvalue weighted by Crippen LogP contribution is 2.26. The van der Waals surface area contributed by atoms with Crippen LogP contribution >= 0.6 is 24.0 Å². The van der Waals surface area contributed by atoms with Crippen LogP contribution in [-0.2, 0) is 4.74 Å². The lowest BCUT2D eigenvalue weighted by Crippen LogP contribution is -2.34. The Morgan fingerprint density at radius 3 is 2.93 bits per heavy atom. The normalized spacial score (nSPS) is 20.8. The average Bonchev–Trinajstić information content (AvgIpc) is 2.23. The van der Waals surface area contributed by atoms with Crippen LogP contribution in [-0.4, -0.2) is 19.8 Å². The van der Waals surface area contributed by atoms with Crippen molar-refractivity contribution in [2.24, 2.45) is 0 Å². The first-order valence-corrected chi connectivity index (χ1v) is 4.92. The molecule has 0 saturated carbocycles. The summed E-state index contributed by atoms with van der Waals surface area (Å²) >= 11 is 5.86. The zero-order chi connectivity index (χ0) is 9.97. The van der Waals surface area contributed by atoms with Gasteiger partial charge in [0, 0.05) is 6.54 Å². The first-order chi connectivity index (χ1) is 6.79. The van der Waals surface area contributed by atoms with Gasteiger partial charge in [-0.2, -0.15) is 0 Å². The van der Waals surface area contributed by atoms with E-state index in [0.29, 0.717) is 13.2 Å². The van der Waals surface area contributed by atoms with Crippen LogP contribution in [0.1, 0.15) is 11.6 Å². The standard InChI is InChI=1S/C10H11ClFNO.ClH/c11-10-7(2-1-3-8(10)12)9-6-14-5-4-13-9;/h1-3,9,13H,4-6H2;1H/t9-;/m0./s1. The van der Waals surface area contributed by atoms with Gasteiger partial charge in [-0.3, -0.25) is 0 Å². The van der Waals surface area contributed by atoms with Gasteiger partial charge in [0.2, 0.25) is 0 Å². The lowest BCUT2D eigenvalue weighted by Gasteiger charge is -2.24. The van der Waals surface area contributed by atoms with Gasteiger partial charge < -0.3 is 10.1 Å². The van der Waals surface area contributed by atoms with Crippen molar-refractivity contribution in [3.63, 3.8) is 0 Å². The minimum absolute atomic E-state index is 0. The molecule has 5 heteroatoms. The molecule has 0 radical (unpaired) electrons. The maximum absolute atomic E-state index is 13.1. The fourth-order valence-corrected chi connectivity index (χ4v) is 1.81. The number of nitrogens with one attached hydrogen (secondary N) is 1. The Bertz CT molecular complexity index is 329. The average molecular weight is 252 g/mol. The molecule has 0 unspecified atom stereocenters. The fourth-order valence-electron chi connectivity index (χ4n) is 1.55. The molecule has 1 aromatic carbocycles. The first-order valence-electron chi connectivity index (χ1n) is 4.54. The van der Waals surface area contributed by atoms with Gasteiger partial charge in [-0.05, 0) is 11.6 Å². The molecule has 1 fully saturated rings. The Balaban J connectivity index is 0.00000112. The number of morpholine rings is 1. The Kier molecular flexibility index (Phi) is 4.80. The molecule has 0 spiro atoms. The summed E-state index contributed by atoms with van der Waals surface area (Å²) in [6, 6.07) is 4.84. The van der Waals surface area contributed by atoms with Crippen molar-refractivity contribution in [3.05, 3.63) is 34.6 Å². The van der Waals surface area contributed by atoms with Crippen LogP contribution in [0.2, 0.25) is 5.02 Å². The van der Waals surface area contributed by atoms with Crippen molar-refractivity contribution in [1.82, 2.24) is 5.32 Å². The summed E-state index contributed by atoms with van der Waals surface area (Å²) in [6.45, 7) is 2.02. The molecule has 1 atom stereocenters. The largest absolute Gasteiger partial charge is 0.378 e. The van der Waals surface area contributed by atoms with Gasteiger partial charge in [-0.1, -0.05) is 23.7 Å². The summed E-state index contributed by atoms with van der Waals surface area (Å²) in [5.41, 5.74) is 0.770.